The van der Waals surface area contributed by atoms with Gasteiger partial charge in [0.2, 0.25) is 5.91 Å². The Hall–Kier alpha value is -1.88. The van der Waals surface area contributed by atoms with E-state index in [0.29, 0.717) is 0 Å². The van der Waals surface area contributed by atoms with Crippen molar-refractivity contribution in [3.8, 4) is 0 Å². The second-order valence-corrected chi connectivity index (χ2v) is 7.31. The van der Waals surface area contributed by atoms with E-state index in [9.17, 15) is 9.59 Å². The predicted molar refractivity (Wildman–Crippen MR) is 103 cm³/mol. The number of rotatable bonds is 9. The van der Waals surface area contributed by atoms with E-state index in [4.69, 9.17) is 5.11 Å². The van der Waals surface area contributed by atoms with Crippen LogP contribution in [0.4, 0.5) is 0 Å². The van der Waals surface area contributed by atoms with Crippen molar-refractivity contribution >= 4 is 11.9 Å². The van der Waals surface area contributed by atoms with E-state index in [0.717, 1.165) is 63.8 Å². The molecule has 2 rings (SSSR count). The van der Waals surface area contributed by atoms with Gasteiger partial charge in [0, 0.05) is 20.0 Å². The monoisotopic (exact) mass is 360 g/mol. The van der Waals surface area contributed by atoms with Crippen LogP contribution in [0.3, 0.4) is 0 Å². The second-order valence-electron chi connectivity index (χ2n) is 7.31. The molecule has 0 aliphatic carbocycles. The van der Waals surface area contributed by atoms with Crippen LogP contribution in [0, 0.1) is 0 Å². The molecule has 1 heterocycles. The number of benzene rings is 1. The lowest BCUT2D eigenvalue weighted by Crippen LogP contribution is -2.52. The Balaban J connectivity index is 1.96. The molecule has 0 radical (unpaired) electrons. The molecule has 1 saturated heterocycles. The van der Waals surface area contributed by atoms with E-state index in [-0.39, 0.29) is 12.3 Å². The lowest BCUT2D eigenvalue weighted by atomic mass is 9.71. The van der Waals surface area contributed by atoms with Gasteiger partial charge in [-0.1, -0.05) is 36.8 Å². The lowest BCUT2D eigenvalue weighted by Gasteiger charge is -2.43. The Morgan fingerprint density at radius 1 is 1.12 bits per heavy atom. The number of amides is 1. The molecule has 1 amide bonds. The summed E-state index contributed by atoms with van der Waals surface area (Å²) in [7, 11) is 1.89. The Morgan fingerprint density at radius 3 is 2.35 bits per heavy atom. The second kappa shape index (κ2) is 9.72. The zero-order valence-corrected chi connectivity index (χ0v) is 16.1. The Morgan fingerprint density at radius 2 is 1.77 bits per heavy atom. The minimum atomic E-state index is -0.714. The first-order chi connectivity index (χ1) is 12.5. The summed E-state index contributed by atoms with van der Waals surface area (Å²) in [6.45, 7) is 5.56. The Kier molecular flexibility index (Phi) is 7.64. The quantitative estimate of drug-likeness (QED) is 0.687. The van der Waals surface area contributed by atoms with Crippen LogP contribution in [0.25, 0.3) is 0 Å². The molecule has 144 valence electrons. The number of nitrogens with zero attached hydrogens (tertiary/aromatic N) is 2. The van der Waals surface area contributed by atoms with E-state index < -0.39 is 11.4 Å². The molecule has 1 aromatic carbocycles. The van der Waals surface area contributed by atoms with Gasteiger partial charge in [-0.05, 0) is 57.8 Å². The first-order valence-electron chi connectivity index (χ1n) is 9.75. The van der Waals surface area contributed by atoms with Gasteiger partial charge in [-0.15, -0.1) is 0 Å². The number of aliphatic carboxylic acids is 1. The fourth-order valence-electron chi connectivity index (χ4n) is 3.84. The van der Waals surface area contributed by atoms with Crippen molar-refractivity contribution in [1.29, 1.82) is 0 Å². The molecule has 1 aliphatic heterocycles. The van der Waals surface area contributed by atoms with Crippen LogP contribution in [0.2, 0.25) is 0 Å². The van der Waals surface area contributed by atoms with Gasteiger partial charge in [0.25, 0.3) is 0 Å². The highest BCUT2D eigenvalue weighted by Gasteiger charge is 2.43. The number of hydrogen-bond donors (Lipinski definition) is 1. The molecule has 1 N–H and O–H groups in total. The van der Waals surface area contributed by atoms with E-state index in [1.807, 2.05) is 37.1 Å². The molecule has 26 heavy (non-hydrogen) atoms. The summed E-state index contributed by atoms with van der Waals surface area (Å²) in [5, 5.41) is 8.70. The van der Waals surface area contributed by atoms with Gasteiger partial charge in [-0.3, -0.25) is 9.59 Å². The molecule has 0 bridgehead atoms. The third-order valence-corrected chi connectivity index (χ3v) is 5.63. The molecule has 1 fully saturated rings. The van der Waals surface area contributed by atoms with Crippen LogP contribution in [0.1, 0.15) is 51.0 Å². The minimum Gasteiger partial charge on any atom is -0.481 e. The van der Waals surface area contributed by atoms with Crippen LogP contribution in [-0.4, -0.2) is 60.0 Å². The summed E-state index contributed by atoms with van der Waals surface area (Å²) in [5.74, 6) is -0.485. The molecule has 1 aromatic rings. The number of carbonyl (C=O) groups is 2. The molecule has 0 saturated carbocycles. The molecular weight excluding hydrogens is 328 g/mol. The summed E-state index contributed by atoms with van der Waals surface area (Å²) >= 11 is 0. The van der Waals surface area contributed by atoms with Gasteiger partial charge in [0.05, 0.1) is 5.41 Å². The number of carboxylic acid groups (broad SMARTS) is 1. The lowest BCUT2D eigenvalue weighted by molar-refractivity contribution is -0.138. The first kappa shape index (κ1) is 20.4. The van der Waals surface area contributed by atoms with Gasteiger partial charge in [0.1, 0.15) is 0 Å². The van der Waals surface area contributed by atoms with Crippen molar-refractivity contribution in [2.75, 3.05) is 33.2 Å². The van der Waals surface area contributed by atoms with Gasteiger partial charge < -0.3 is 14.9 Å². The molecule has 0 atom stereocenters. The molecule has 0 spiro atoms. The SMILES string of the molecule is CCN(C)C(=O)C1(c2ccccc2)CCN(CCCCCC(=O)O)CC1. The Labute approximate surface area is 157 Å². The van der Waals surface area contributed by atoms with Crippen LogP contribution in [0.5, 0.6) is 0 Å². The fourth-order valence-corrected chi connectivity index (χ4v) is 3.84. The number of likely N-dealkylation sites (N-methyl/N-ethyl adjacent to an activating group) is 1. The van der Waals surface area contributed by atoms with E-state index >= 15 is 0 Å². The van der Waals surface area contributed by atoms with Crippen molar-refractivity contribution in [1.82, 2.24) is 9.80 Å². The Bertz CT molecular complexity index is 580. The summed E-state index contributed by atoms with van der Waals surface area (Å²) in [4.78, 5) is 28.0. The van der Waals surface area contributed by atoms with Crippen LogP contribution >= 0.6 is 0 Å². The maximum Gasteiger partial charge on any atom is 0.303 e. The van der Waals surface area contributed by atoms with Crippen LogP contribution in [0.15, 0.2) is 30.3 Å². The third-order valence-electron chi connectivity index (χ3n) is 5.63. The summed E-state index contributed by atoms with van der Waals surface area (Å²) in [6.07, 6.45) is 4.66. The number of carbonyl (C=O) groups excluding carboxylic acids is 1. The average molecular weight is 360 g/mol. The minimum absolute atomic E-state index is 0.229. The standard InChI is InChI=1S/C21H32N2O3/c1-3-22(2)20(26)21(18-10-6-4-7-11-18)13-16-23(17-14-21)15-9-5-8-12-19(24)25/h4,6-7,10-11H,3,5,8-9,12-17H2,1-2H3,(H,24,25). The van der Waals surface area contributed by atoms with Crippen molar-refractivity contribution in [3.05, 3.63) is 35.9 Å². The maximum absolute atomic E-state index is 13.2. The normalized spacial score (nSPS) is 17.0. The highest BCUT2D eigenvalue weighted by atomic mass is 16.4. The van der Waals surface area contributed by atoms with Crippen molar-refractivity contribution in [3.63, 3.8) is 0 Å². The van der Waals surface area contributed by atoms with E-state index in [1.165, 1.54) is 0 Å². The van der Waals surface area contributed by atoms with Gasteiger partial charge in [0.15, 0.2) is 0 Å². The first-order valence-corrected chi connectivity index (χ1v) is 9.75. The summed E-state index contributed by atoms with van der Waals surface area (Å²) in [5.41, 5.74) is 0.720. The largest absolute Gasteiger partial charge is 0.481 e. The molecular formula is C21H32N2O3. The topological polar surface area (TPSA) is 60.9 Å². The summed E-state index contributed by atoms with van der Waals surface area (Å²) < 4.78 is 0. The molecule has 0 aromatic heterocycles. The van der Waals surface area contributed by atoms with Gasteiger partial charge in [-0.2, -0.15) is 0 Å². The highest BCUT2D eigenvalue weighted by molar-refractivity contribution is 5.88. The van der Waals surface area contributed by atoms with Gasteiger partial charge >= 0.3 is 5.97 Å². The summed E-state index contributed by atoms with van der Waals surface area (Å²) in [6, 6.07) is 10.2. The maximum atomic E-state index is 13.2. The average Bonchev–Trinajstić information content (AvgIpc) is 2.67. The molecule has 5 heteroatoms. The number of hydrogen-bond acceptors (Lipinski definition) is 3. The van der Waals surface area contributed by atoms with Crippen LogP contribution in [-0.2, 0) is 15.0 Å². The molecule has 1 aliphatic rings. The zero-order valence-electron chi connectivity index (χ0n) is 16.1. The zero-order chi connectivity index (χ0) is 19.0. The van der Waals surface area contributed by atoms with Crippen molar-refractivity contribution in [2.45, 2.75) is 50.9 Å². The third kappa shape index (κ3) is 5.07. The fraction of sp³-hybridized carbons (Fsp3) is 0.619. The number of likely N-dealkylation sites (tertiary alicyclic amines) is 1. The van der Waals surface area contributed by atoms with Crippen molar-refractivity contribution < 1.29 is 14.7 Å². The van der Waals surface area contributed by atoms with E-state index in [1.54, 1.807) is 0 Å². The van der Waals surface area contributed by atoms with Crippen LogP contribution < -0.4 is 0 Å². The number of piperidine rings is 1. The molecule has 5 nitrogen and oxygen atoms in total. The molecule has 0 unspecified atom stereocenters. The number of carboxylic acids is 1. The highest BCUT2D eigenvalue weighted by Crippen LogP contribution is 2.37. The smallest absolute Gasteiger partial charge is 0.303 e. The van der Waals surface area contributed by atoms with E-state index in [2.05, 4.69) is 17.0 Å². The predicted octanol–water partition coefficient (Wildman–Crippen LogP) is 3.14. The van der Waals surface area contributed by atoms with Crippen molar-refractivity contribution in [2.24, 2.45) is 0 Å². The van der Waals surface area contributed by atoms with Gasteiger partial charge in [-0.25, -0.2) is 0 Å². The number of unbranched alkanes of at least 4 members (excludes halogenated alkanes) is 2.